The number of carbonyl (C=O) groups excluding carboxylic acids is 1. The number of likely N-dealkylation sites (tertiary alicyclic amines) is 2. The summed E-state index contributed by atoms with van der Waals surface area (Å²) in [5, 5.41) is 0. The van der Waals surface area contributed by atoms with Crippen molar-refractivity contribution in [3.8, 4) is 0 Å². The number of hydrogen-bond donors (Lipinski definition) is 0. The first-order valence-electron chi connectivity index (χ1n) is 11.6. The van der Waals surface area contributed by atoms with E-state index in [0.717, 1.165) is 50.5 Å². The molecule has 5 nitrogen and oxygen atoms in total. The standard InChI is InChI=1S/C23H29F6N3O2/c1-2-31-10-4-7-16-5-3-6-17(18(16)31)13-30-14-21(15-30)8-11-32(12-9-21)20(33)34-19(22(24,25)26)23(27,28)29/h3,5-6,19H,2,4,7-15H2,1H3. The van der Waals surface area contributed by atoms with E-state index in [4.69, 9.17) is 0 Å². The van der Waals surface area contributed by atoms with Crippen molar-refractivity contribution in [3.63, 3.8) is 0 Å². The van der Waals surface area contributed by atoms with Crippen LogP contribution < -0.4 is 4.90 Å². The van der Waals surface area contributed by atoms with Gasteiger partial charge < -0.3 is 14.5 Å². The summed E-state index contributed by atoms with van der Waals surface area (Å²) < 4.78 is 79.9. The molecule has 1 aromatic carbocycles. The number of nitrogens with zero attached hydrogens (tertiary/aromatic N) is 3. The van der Waals surface area contributed by atoms with Gasteiger partial charge >= 0.3 is 18.4 Å². The Morgan fingerprint density at radius 2 is 1.71 bits per heavy atom. The fourth-order valence-corrected chi connectivity index (χ4v) is 5.50. The van der Waals surface area contributed by atoms with Crippen LogP contribution in [0.5, 0.6) is 0 Å². The summed E-state index contributed by atoms with van der Waals surface area (Å²) in [5.41, 5.74) is 3.89. The average Bonchev–Trinajstić information content (AvgIpc) is 2.74. The number of rotatable bonds is 4. The largest absolute Gasteiger partial charge is 0.434 e. The van der Waals surface area contributed by atoms with Gasteiger partial charge in [0.15, 0.2) is 0 Å². The maximum Gasteiger partial charge on any atom is 0.434 e. The second kappa shape index (κ2) is 9.13. The summed E-state index contributed by atoms with van der Waals surface area (Å²) in [4.78, 5) is 17.7. The number of anilines is 1. The molecule has 2 fully saturated rings. The molecule has 34 heavy (non-hydrogen) atoms. The van der Waals surface area contributed by atoms with Crippen LogP contribution in [0.15, 0.2) is 18.2 Å². The van der Waals surface area contributed by atoms with Crippen LogP contribution in [0.25, 0.3) is 0 Å². The number of hydrogen-bond acceptors (Lipinski definition) is 4. The van der Waals surface area contributed by atoms with Gasteiger partial charge in [-0.25, -0.2) is 4.79 Å². The highest BCUT2D eigenvalue weighted by atomic mass is 19.4. The highest BCUT2D eigenvalue weighted by molar-refractivity contribution is 5.68. The van der Waals surface area contributed by atoms with Gasteiger partial charge in [0.1, 0.15) is 0 Å². The van der Waals surface area contributed by atoms with Crippen LogP contribution in [-0.2, 0) is 17.7 Å². The minimum atomic E-state index is -5.70. The highest BCUT2D eigenvalue weighted by Crippen LogP contribution is 2.43. The number of piperidine rings is 1. The number of aryl methyl sites for hydroxylation is 1. The molecule has 0 atom stereocenters. The maximum absolute atomic E-state index is 12.7. The SMILES string of the molecule is CCN1CCCc2cccc(CN3CC4(CCN(C(=O)OC(C(F)(F)F)C(F)(F)F)CC4)C3)c21. The molecule has 0 saturated carbocycles. The van der Waals surface area contributed by atoms with Gasteiger partial charge in [-0.3, -0.25) is 4.90 Å². The van der Waals surface area contributed by atoms with Crippen molar-refractivity contribution in [1.82, 2.24) is 9.80 Å². The number of fused-ring (bicyclic) bond motifs is 1. The molecule has 0 bridgehead atoms. The van der Waals surface area contributed by atoms with Gasteiger partial charge in [-0.15, -0.1) is 0 Å². The van der Waals surface area contributed by atoms with Gasteiger partial charge in [0.25, 0.3) is 6.10 Å². The lowest BCUT2D eigenvalue weighted by molar-refractivity contribution is -0.308. The second-order valence-electron chi connectivity index (χ2n) is 9.59. The zero-order valence-electron chi connectivity index (χ0n) is 19.0. The molecule has 4 rings (SSSR count). The van der Waals surface area contributed by atoms with Crippen LogP contribution in [0.1, 0.15) is 37.3 Å². The summed E-state index contributed by atoms with van der Waals surface area (Å²) in [5.74, 6) is 0. The number of para-hydroxylation sites is 1. The van der Waals surface area contributed by atoms with E-state index in [1.54, 1.807) is 0 Å². The molecule has 0 unspecified atom stereocenters. The third-order valence-corrected chi connectivity index (χ3v) is 7.18. The quantitative estimate of drug-likeness (QED) is 0.554. The van der Waals surface area contributed by atoms with Crippen molar-refractivity contribution >= 4 is 11.8 Å². The lowest BCUT2D eigenvalue weighted by Gasteiger charge is -2.54. The van der Waals surface area contributed by atoms with Crippen LogP contribution in [-0.4, -0.2) is 73.6 Å². The summed E-state index contributed by atoms with van der Waals surface area (Å²) in [7, 11) is 0. The van der Waals surface area contributed by atoms with E-state index >= 15 is 0 Å². The minimum Gasteiger partial charge on any atom is -0.426 e. The number of benzene rings is 1. The highest BCUT2D eigenvalue weighted by Gasteiger charge is 2.60. The number of alkyl halides is 6. The monoisotopic (exact) mass is 493 g/mol. The van der Waals surface area contributed by atoms with E-state index in [-0.39, 0.29) is 18.5 Å². The lowest BCUT2D eigenvalue weighted by Crippen LogP contribution is -2.60. The third kappa shape index (κ3) is 5.08. The number of ether oxygens (including phenoxy) is 1. The molecule has 3 heterocycles. The first-order valence-corrected chi connectivity index (χ1v) is 11.6. The van der Waals surface area contributed by atoms with Crippen LogP contribution in [0.3, 0.4) is 0 Å². The Hall–Kier alpha value is -2.17. The average molecular weight is 493 g/mol. The summed E-state index contributed by atoms with van der Waals surface area (Å²) in [6.07, 6.45) is -13.8. The first-order chi connectivity index (χ1) is 15.9. The minimum absolute atomic E-state index is 0.0660. The zero-order valence-corrected chi connectivity index (χ0v) is 19.0. The Labute approximate surface area is 194 Å². The van der Waals surface area contributed by atoms with E-state index in [0.29, 0.717) is 12.8 Å². The number of carbonyl (C=O) groups is 1. The van der Waals surface area contributed by atoms with Gasteiger partial charge in [0.2, 0.25) is 0 Å². The lowest BCUT2D eigenvalue weighted by atomic mass is 9.72. The Kier molecular flexibility index (Phi) is 6.69. The molecule has 3 aliphatic rings. The Balaban J connectivity index is 1.31. The molecule has 3 aliphatic heterocycles. The fraction of sp³-hybridized carbons (Fsp3) is 0.696. The smallest absolute Gasteiger partial charge is 0.426 e. The van der Waals surface area contributed by atoms with Crippen LogP contribution in [0.4, 0.5) is 36.8 Å². The predicted molar refractivity (Wildman–Crippen MR) is 114 cm³/mol. The molecule has 1 amide bonds. The van der Waals surface area contributed by atoms with Crippen molar-refractivity contribution in [1.29, 1.82) is 0 Å². The van der Waals surface area contributed by atoms with Crippen molar-refractivity contribution in [2.45, 2.75) is 57.6 Å². The van der Waals surface area contributed by atoms with Crippen LogP contribution >= 0.6 is 0 Å². The van der Waals surface area contributed by atoms with Crippen molar-refractivity contribution in [3.05, 3.63) is 29.3 Å². The predicted octanol–water partition coefficient (Wildman–Crippen LogP) is 4.99. The molecule has 0 radical (unpaired) electrons. The van der Waals surface area contributed by atoms with Crippen molar-refractivity contribution < 1.29 is 35.9 Å². The maximum atomic E-state index is 12.7. The summed E-state index contributed by atoms with van der Waals surface area (Å²) in [6.45, 7) is 6.68. The van der Waals surface area contributed by atoms with E-state index in [2.05, 4.69) is 39.7 Å². The van der Waals surface area contributed by atoms with Gasteiger partial charge in [-0.05, 0) is 49.1 Å². The van der Waals surface area contributed by atoms with E-state index < -0.39 is 24.5 Å². The number of amides is 1. The summed E-state index contributed by atoms with van der Waals surface area (Å²) >= 11 is 0. The Morgan fingerprint density at radius 3 is 2.29 bits per heavy atom. The Bertz CT molecular complexity index is 874. The van der Waals surface area contributed by atoms with E-state index in [1.807, 2.05) is 0 Å². The molecular weight excluding hydrogens is 464 g/mol. The first kappa shape index (κ1) is 24.9. The molecule has 2 saturated heterocycles. The Morgan fingerprint density at radius 1 is 1.06 bits per heavy atom. The molecule has 0 aliphatic carbocycles. The normalized spacial score (nSPS) is 20.9. The summed E-state index contributed by atoms with van der Waals surface area (Å²) in [6, 6.07) is 6.41. The van der Waals surface area contributed by atoms with Crippen LogP contribution in [0.2, 0.25) is 0 Å². The van der Waals surface area contributed by atoms with Gasteiger partial charge in [0.05, 0.1) is 0 Å². The molecule has 1 aromatic rings. The van der Waals surface area contributed by atoms with E-state index in [9.17, 15) is 31.1 Å². The van der Waals surface area contributed by atoms with Gasteiger partial charge in [-0.1, -0.05) is 18.2 Å². The fourth-order valence-electron chi connectivity index (χ4n) is 5.50. The molecule has 190 valence electrons. The topological polar surface area (TPSA) is 36.0 Å². The van der Waals surface area contributed by atoms with Crippen molar-refractivity contribution in [2.75, 3.05) is 44.2 Å². The molecule has 0 N–H and O–H groups in total. The molecular formula is C23H29F6N3O2. The van der Waals surface area contributed by atoms with Gasteiger partial charge in [-0.2, -0.15) is 26.3 Å². The second-order valence-corrected chi connectivity index (χ2v) is 9.59. The molecule has 1 spiro atoms. The number of halogens is 6. The van der Waals surface area contributed by atoms with Crippen molar-refractivity contribution in [2.24, 2.45) is 5.41 Å². The van der Waals surface area contributed by atoms with E-state index in [1.165, 1.54) is 16.8 Å². The zero-order chi connectivity index (χ0) is 24.7. The third-order valence-electron chi connectivity index (χ3n) is 7.18. The molecule has 0 aromatic heterocycles. The van der Waals surface area contributed by atoms with Crippen LogP contribution in [0, 0.1) is 5.41 Å². The van der Waals surface area contributed by atoms with Gasteiger partial charge in [0, 0.05) is 51.5 Å². The molecule has 11 heteroatoms.